The van der Waals surface area contributed by atoms with Crippen LogP contribution in [-0.2, 0) is 14.3 Å². The lowest BCUT2D eigenvalue weighted by atomic mass is 10.0. The summed E-state index contributed by atoms with van der Waals surface area (Å²) in [5.74, 6) is -0.297. The Morgan fingerprint density at radius 3 is 2.71 bits per heavy atom. The number of amides is 1. The highest BCUT2D eigenvalue weighted by Gasteiger charge is 2.17. The molecule has 1 saturated carbocycles. The minimum Gasteiger partial charge on any atom is -0.456 e. The van der Waals surface area contributed by atoms with Crippen LogP contribution in [0.2, 0.25) is 0 Å². The first kappa shape index (κ1) is 17.9. The van der Waals surface area contributed by atoms with Gasteiger partial charge in [0.05, 0.1) is 4.92 Å². The number of anilines is 1. The third-order valence-electron chi connectivity index (χ3n) is 4.29. The van der Waals surface area contributed by atoms with Gasteiger partial charge in [0.1, 0.15) is 0 Å². The Labute approximate surface area is 140 Å². The lowest BCUT2D eigenvalue weighted by Crippen LogP contribution is -2.21. The minimum atomic E-state index is -0.512. The Bertz CT molecular complexity index is 623. The smallest absolute Gasteiger partial charge is 0.306 e. The molecule has 0 bridgehead atoms. The first-order chi connectivity index (χ1) is 11.5. The number of nitrogens with one attached hydrogen (secondary N) is 1. The topological polar surface area (TPSA) is 98.5 Å². The first-order valence-electron chi connectivity index (χ1n) is 8.16. The molecular formula is C17H22N2O5. The number of nitro groups is 1. The van der Waals surface area contributed by atoms with Gasteiger partial charge in [-0.15, -0.1) is 0 Å². The van der Waals surface area contributed by atoms with Gasteiger partial charge in [0, 0.05) is 23.7 Å². The zero-order valence-corrected chi connectivity index (χ0v) is 13.7. The van der Waals surface area contributed by atoms with Crippen LogP contribution in [0.1, 0.15) is 44.1 Å². The third-order valence-corrected chi connectivity index (χ3v) is 4.29. The van der Waals surface area contributed by atoms with Crippen LogP contribution in [0.5, 0.6) is 0 Å². The molecule has 0 unspecified atom stereocenters. The van der Waals surface area contributed by atoms with Gasteiger partial charge in [-0.05, 0) is 25.3 Å². The van der Waals surface area contributed by atoms with Crippen LogP contribution in [-0.4, -0.2) is 23.4 Å². The van der Waals surface area contributed by atoms with Crippen molar-refractivity contribution in [3.05, 3.63) is 33.9 Å². The number of nitrogens with zero attached hydrogens (tertiary/aromatic N) is 1. The number of nitro benzene ring substituents is 1. The maximum Gasteiger partial charge on any atom is 0.306 e. The van der Waals surface area contributed by atoms with E-state index in [4.69, 9.17) is 4.74 Å². The Morgan fingerprint density at radius 2 is 2.04 bits per heavy atom. The molecule has 2 rings (SSSR count). The molecule has 1 aliphatic rings. The van der Waals surface area contributed by atoms with E-state index in [0.29, 0.717) is 23.6 Å². The van der Waals surface area contributed by atoms with Crippen LogP contribution in [0, 0.1) is 23.0 Å². The van der Waals surface area contributed by atoms with Crippen LogP contribution >= 0.6 is 0 Å². The number of esters is 1. The fourth-order valence-electron chi connectivity index (χ4n) is 2.92. The van der Waals surface area contributed by atoms with Gasteiger partial charge in [-0.25, -0.2) is 0 Å². The molecule has 0 aromatic heterocycles. The standard InChI is InChI=1S/C17H22N2O5/c1-12-6-8-14(10-15(12)19(22)23)18-16(20)11-24-17(21)9-7-13-4-2-3-5-13/h6,8,10,13H,2-5,7,9,11H2,1H3,(H,18,20). The molecule has 0 spiro atoms. The van der Waals surface area contributed by atoms with E-state index in [1.54, 1.807) is 19.1 Å². The van der Waals surface area contributed by atoms with Crippen molar-refractivity contribution in [3.8, 4) is 0 Å². The fraction of sp³-hybridized carbons (Fsp3) is 0.529. The number of benzene rings is 1. The Balaban J connectivity index is 1.75. The number of rotatable bonds is 7. The Hall–Kier alpha value is -2.44. The molecule has 1 aromatic rings. The van der Waals surface area contributed by atoms with Crippen molar-refractivity contribution >= 4 is 23.3 Å². The van der Waals surface area contributed by atoms with Crippen molar-refractivity contribution in [2.45, 2.75) is 45.4 Å². The number of aryl methyl sites for hydroxylation is 1. The fourth-order valence-corrected chi connectivity index (χ4v) is 2.92. The van der Waals surface area contributed by atoms with Gasteiger partial charge in [0.25, 0.3) is 11.6 Å². The molecule has 0 atom stereocenters. The lowest BCUT2D eigenvalue weighted by molar-refractivity contribution is -0.385. The summed E-state index contributed by atoms with van der Waals surface area (Å²) in [6.45, 7) is 1.24. The highest BCUT2D eigenvalue weighted by atomic mass is 16.6. The number of ether oxygens (including phenoxy) is 1. The average Bonchev–Trinajstić information content (AvgIpc) is 3.06. The van der Waals surface area contributed by atoms with Gasteiger partial charge in [0.15, 0.2) is 6.61 Å². The molecule has 1 fully saturated rings. The van der Waals surface area contributed by atoms with Gasteiger partial charge in [-0.2, -0.15) is 0 Å². The average molecular weight is 334 g/mol. The highest BCUT2D eigenvalue weighted by molar-refractivity contribution is 5.93. The minimum absolute atomic E-state index is 0.0682. The summed E-state index contributed by atoms with van der Waals surface area (Å²) in [5.41, 5.74) is 0.747. The SMILES string of the molecule is Cc1ccc(NC(=O)COC(=O)CCC2CCCC2)cc1[N+](=O)[O-]. The largest absolute Gasteiger partial charge is 0.456 e. The molecule has 1 N–H and O–H groups in total. The Kier molecular flexibility index (Phi) is 6.28. The summed E-state index contributed by atoms with van der Waals surface area (Å²) in [7, 11) is 0. The predicted octanol–water partition coefficient (Wildman–Crippen LogP) is 3.36. The number of carbonyl (C=O) groups is 2. The highest BCUT2D eigenvalue weighted by Crippen LogP contribution is 2.28. The van der Waals surface area contributed by atoms with Crippen molar-refractivity contribution in [3.63, 3.8) is 0 Å². The summed E-state index contributed by atoms with van der Waals surface area (Å²) < 4.78 is 4.95. The zero-order valence-electron chi connectivity index (χ0n) is 13.7. The third kappa shape index (κ3) is 5.33. The van der Waals surface area contributed by atoms with Crippen molar-refractivity contribution in [2.24, 2.45) is 5.92 Å². The predicted molar refractivity (Wildman–Crippen MR) is 88.6 cm³/mol. The number of hydrogen-bond donors (Lipinski definition) is 1. The summed E-state index contributed by atoms with van der Waals surface area (Å²) in [5, 5.41) is 13.4. The first-order valence-corrected chi connectivity index (χ1v) is 8.16. The van der Waals surface area contributed by atoms with Crippen LogP contribution in [0.3, 0.4) is 0 Å². The Morgan fingerprint density at radius 1 is 1.33 bits per heavy atom. The quantitative estimate of drug-likeness (QED) is 0.468. The van der Waals surface area contributed by atoms with Gasteiger partial charge in [-0.3, -0.25) is 19.7 Å². The molecule has 0 aliphatic heterocycles. The van der Waals surface area contributed by atoms with Crippen LogP contribution in [0.4, 0.5) is 11.4 Å². The monoisotopic (exact) mass is 334 g/mol. The van der Waals surface area contributed by atoms with Crippen LogP contribution in [0.25, 0.3) is 0 Å². The molecule has 7 heteroatoms. The van der Waals surface area contributed by atoms with E-state index in [1.807, 2.05) is 0 Å². The normalized spacial score (nSPS) is 14.4. The maximum absolute atomic E-state index is 11.8. The van der Waals surface area contributed by atoms with E-state index in [0.717, 1.165) is 6.42 Å². The van der Waals surface area contributed by atoms with Gasteiger partial charge in [-0.1, -0.05) is 31.7 Å². The maximum atomic E-state index is 11.8. The molecule has 24 heavy (non-hydrogen) atoms. The molecule has 0 radical (unpaired) electrons. The van der Waals surface area contributed by atoms with Gasteiger partial charge >= 0.3 is 5.97 Å². The number of carbonyl (C=O) groups excluding carboxylic acids is 2. The van der Waals surface area contributed by atoms with Crippen molar-refractivity contribution in [2.75, 3.05) is 11.9 Å². The van der Waals surface area contributed by atoms with E-state index in [-0.39, 0.29) is 18.3 Å². The molecule has 1 aromatic carbocycles. The lowest BCUT2D eigenvalue weighted by Gasteiger charge is -2.09. The summed E-state index contributed by atoms with van der Waals surface area (Å²) in [6.07, 6.45) is 5.92. The molecular weight excluding hydrogens is 312 g/mol. The van der Waals surface area contributed by atoms with Crippen LogP contribution in [0.15, 0.2) is 18.2 Å². The summed E-state index contributed by atoms with van der Waals surface area (Å²) >= 11 is 0. The van der Waals surface area contributed by atoms with Gasteiger partial charge < -0.3 is 10.1 Å². The van der Waals surface area contributed by atoms with Gasteiger partial charge in [0.2, 0.25) is 0 Å². The molecule has 7 nitrogen and oxygen atoms in total. The van der Waals surface area contributed by atoms with E-state index in [2.05, 4.69) is 5.32 Å². The molecule has 1 aliphatic carbocycles. The molecule has 130 valence electrons. The van der Waals surface area contributed by atoms with E-state index < -0.39 is 10.8 Å². The van der Waals surface area contributed by atoms with Crippen molar-refractivity contribution in [1.29, 1.82) is 0 Å². The molecule has 0 heterocycles. The second-order valence-corrected chi connectivity index (χ2v) is 6.16. The number of hydrogen-bond acceptors (Lipinski definition) is 5. The van der Waals surface area contributed by atoms with E-state index in [1.165, 1.54) is 31.7 Å². The molecule has 1 amide bonds. The van der Waals surface area contributed by atoms with Crippen molar-refractivity contribution < 1.29 is 19.2 Å². The van der Waals surface area contributed by atoms with E-state index >= 15 is 0 Å². The van der Waals surface area contributed by atoms with Crippen LogP contribution < -0.4 is 5.32 Å². The summed E-state index contributed by atoms with van der Waals surface area (Å²) in [6, 6.07) is 4.42. The van der Waals surface area contributed by atoms with E-state index in [9.17, 15) is 19.7 Å². The van der Waals surface area contributed by atoms with Crippen molar-refractivity contribution in [1.82, 2.24) is 0 Å². The second kappa shape index (κ2) is 8.42. The second-order valence-electron chi connectivity index (χ2n) is 6.16. The summed E-state index contributed by atoms with van der Waals surface area (Å²) in [4.78, 5) is 33.8. The zero-order chi connectivity index (χ0) is 17.5. The molecule has 0 saturated heterocycles.